The summed E-state index contributed by atoms with van der Waals surface area (Å²) in [5.41, 5.74) is -0.620. The van der Waals surface area contributed by atoms with E-state index in [4.69, 9.17) is 18.6 Å². The number of hydrogen-bond acceptors (Lipinski definition) is 6. The highest BCUT2D eigenvalue weighted by atomic mass is 28.4. The van der Waals surface area contributed by atoms with Gasteiger partial charge in [-0.1, -0.05) is 101 Å². The van der Waals surface area contributed by atoms with E-state index in [9.17, 15) is 9.90 Å². The van der Waals surface area contributed by atoms with Crippen molar-refractivity contribution in [3.05, 3.63) is 84.7 Å². The third-order valence-corrected chi connectivity index (χ3v) is 13.4. The minimum atomic E-state index is -2.73. The van der Waals surface area contributed by atoms with Gasteiger partial charge in [0.05, 0.1) is 17.3 Å². The van der Waals surface area contributed by atoms with Gasteiger partial charge >= 0.3 is 5.97 Å². The maximum absolute atomic E-state index is 12.6. The van der Waals surface area contributed by atoms with E-state index >= 15 is 0 Å². The number of methoxy groups -OCH3 is 1. The summed E-state index contributed by atoms with van der Waals surface area (Å²) in [6, 6.07) is 21.1. The molecule has 1 aliphatic rings. The summed E-state index contributed by atoms with van der Waals surface area (Å²) >= 11 is 0. The Balaban J connectivity index is 1.95. The van der Waals surface area contributed by atoms with Crippen LogP contribution in [0.5, 0.6) is 0 Å². The van der Waals surface area contributed by atoms with Gasteiger partial charge in [-0.15, -0.1) is 6.58 Å². The number of ether oxygens (including phenoxy) is 3. The van der Waals surface area contributed by atoms with E-state index in [2.05, 4.69) is 82.8 Å². The highest BCUT2D eigenvalue weighted by Crippen LogP contribution is 2.41. The van der Waals surface area contributed by atoms with Crippen LogP contribution < -0.4 is 10.4 Å². The summed E-state index contributed by atoms with van der Waals surface area (Å²) in [7, 11) is -1.11. The highest BCUT2D eigenvalue weighted by Gasteiger charge is 2.51. The second-order valence-electron chi connectivity index (χ2n) is 13.2. The molecule has 0 spiro atoms. The number of hydrogen-bond donors (Lipinski definition) is 1. The van der Waals surface area contributed by atoms with Crippen LogP contribution in [0.1, 0.15) is 68.2 Å². The average Bonchev–Trinajstić information content (AvgIpc) is 2.94. The van der Waals surface area contributed by atoms with Gasteiger partial charge in [0.1, 0.15) is 5.76 Å². The zero-order chi connectivity index (χ0) is 31.3. The lowest BCUT2D eigenvalue weighted by molar-refractivity contribution is -0.216. The van der Waals surface area contributed by atoms with Crippen molar-refractivity contribution in [2.45, 2.75) is 90.8 Å². The first-order valence-corrected chi connectivity index (χ1v) is 16.8. The monoisotopic (exact) mass is 594 g/mol. The van der Waals surface area contributed by atoms with Crippen molar-refractivity contribution in [3.8, 4) is 0 Å². The third kappa shape index (κ3) is 6.91. The lowest BCUT2D eigenvalue weighted by atomic mass is 9.77. The van der Waals surface area contributed by atoms with Gasteiger partial charge in [-0.05, 0) is 41.1 Å². The van der Waals surface area contributed by atoms with Crippen LogP contribution in [0.25, 0.3) is 0 Å². The molecule has 1 heterocycles. The molecule has 0 saturated carbocycles. The Morgan fingerprint density at radius 3 is 1.98 bits per heavy atom. The standard InChI is InChI=1S/C35H50O6Si/c1-11-22-35(38-10,31(36)26(3)30-27(4)32(37)41-34(8,9)40-30)23-25(2)24-39-42(33(5,6)7,28-18-14-12-15-19-28)29-20-16-13-17-21-29/h11-21,25-26,31,36H,1,22-24H2,2-10H3/t25-,26+,31-,35-/m1/s1. The number of esters is 1. The molecule has 0 radical (unpaired) electrons. The van der Waals surface area contributed by atoms with Crippen LogP contribution in [-0.4, -0.2) is 50.6 Å². The molecule has 1 N–H and O–H groups in total. The van der Waals surface area contributed by atoms with Crippen LogP contribution in [0.15, 0.2) is 84.7 Å². The molecule has 0 aromatic heterocycles. The van der Waals surface area contributed by atoms with E-state index in [1.54, 1.807) is 34.0 Å². The lowest BCUT2D eigenvalue weighted by Gasteiger charge is -2.45. The number of benzene rings is 2. The number of rotatable bonds is 13. The Kier molecular flexibility index (Phi) is 10.7. The molecule has 4 atom stereocenters. The fourth-order valence-corrected chi connectivity index (χ4v) is 11.0. The molecule has 0 aliphatic carbocycles. The molecule has 2 aromatic carbocycles. The van der Waals surface area contributed by atoms with E-state index in [-0.39, 0.29) is 11.0 Å². The molecular formula is C35H50O6Si. The smallest absolute Gasteiger partial charge is 0.340 e. The maximum Gasteiger partial charge on any atom is 0.340 e. The zero-order valence-electron chi connectivity index (χ0n) is 26.9. The molecule has 7 heteroatoms. The number of aliphatic hydroxyl groups is 1. The molecule has 0 bridgehead atoms. The van der Waals surface area contributed by atoms with Crippen molar-refractivity contribution in [3.63, 3.8) is 0 Å². The van der Waals surface area contributed by atoms with E-state index in [1.165, 1.54) is 10.4 Å². The third-order valence-electron chi connectivity index (χ3n) is 8.39. The van der Waals surface area contributed by atoms with Crippen LogP contribution in [0, 0.1) is 11.8 Å². The van der Waals surface area contributed by atoms with E-state index in [0.717, 1.165) is 0 Å². The molecule has 0 amide bonds. The molecule has 42 heavy (non-hydrogen) atoms. The van der Waals surface area contributed by atoms with Crippen molar-refractivity contribution in [1.82, 2.24) is 0 Å². The SMILES string of the molecule is C=CC[C@](C[C@@H](C)CO[Si](c1ccccc1)(c1ccccc1)C(C)(C)C)(OC)[C@H](O)[C@@H](C)C1=C(C)C(=O)OC(C)(C)O1. The molecule has 230 valence electrons. The van der Waals surface area contributed by atoms with Gasteiger partial charge in [-0.2, -0.15) is 0 Å². The first-order valence-electron chi connectivity index (χ1n) is 14.9. The molecule has 1 aliphatic heterocycles. The number of carbonyl (C=O) groups is 1. The van der Waals surface area contributed by atoms with Gasteiger partial charge in [0, 0.05) is 33.5 Å². The summed E-state index contributed by atoms with van der Waals surface area (Å²) in [5, 5.41) is 14.2. The number of carbonyl (C=O) groups excluding carboxylic acids is 1. The first-order chi connectivity index (χ1) is 19.6. The Morgan fingerprint density at radius 1 is 1.00 bits per heavy atom. The zero-order valence-corrected chi connectivity index (χ0v) is 27.9. The van der Waals surface area contributed by atoms with Gasteiger partial charge in [0.2, 0.25) is 5.79 Å². The molecule has 0 unspecified atom stereocenters. The summed E-state index contributed by atoms with van der Waals surface area (Å²) < 4.78 is 24.8. The predicted octanol–water partition coefficient (Wildman–Crippen LogP) is 6.13. The van der Waals surface area contributed by atoms with Crippen LogP contribution in [0.2, 0.25) is 5.04 Å². The first kappa shape index (κ1) is 33.8. The molecule has 6 nitrogen and oxygen atoms in total. The second-order valence-corrected chi connectivity index (χ2v) is 17.5. The lowest BCUT2D eigenvalue weighted by Crippen LogP contribution is -2.67. The van der Waals surface area contributed by atoms with Crippen molar-refractivity contribution in [2.75, 3.05) is 13.7 Å². The van der Waals surface area contributed by atoms with Crippen molar-refractivity contribution >= 4 is 24.7 Å². The largest absolute Gasteiger partial charge is 0.456 e. The fourth-order valence-electron chi connectivity index (χ4n) is 6.33. The number of aliphatic hydroxyl groups excluding tert-OH is 1. The van der Waals surface area contributed by atoms with Gasteiger partial charge < -0.3 is 23.7 Å². The summed E-state index contributed by atoms with van der Waals surface area (Å²) in [6.07, 6.45) is 1.72. The second kappa shape index (κ2) is 13.3. The molecule has 0 saturated heterocycles. The summed E-state index contributed by atoms with van der Waals surface area (Å²) in [5.74, 6) is -1.64. The Bertz CT molecular complexity index is 1190. The minimum absolute atomic E-state index is 0.0251. The average molecular weight is 595 g/mol. The van der Waals surface area contributed by atoms with Crippen LogP contribution in [0.3, 0.4) is 0 Å². The van der Waals surface area contributed by atoms with Crippen LogP contribution in [0.4, 0.5) is 0 Å². The van der Waals surface area contributed by atoms with E-state index < -0.39 is 37.7 Å². The summed E-state index contributed by atoms with van der Waals surface area (Å²) in [6.45, 7) is 20.3. The fraction of sp³-hybridized carbons (Fsp3) is 0.514. The van der Waals surface area contributed by atoms with E-state index in [1.807, 2.05) is 19.1 Å². The van der Waals surface area contributed by atoms with Crippen molar-refractivity contribution < 1.29 is 28.5 Å². The molecule has 3 rings (SSSR count). The van der Waals surface area contributed by atoms with Crippen molar-refractivity contribution in [1.29, 1.82) is 0 Å². The van der Waals surface area contributed by atoms with Gasteiger partial charge in [0.25, 0.3) is 8.32 Å². The quantitative estimate of drug-likeness (QED) is 0.171. The Morgan fingerprint density at radius 2 is 1.52 bits per heavy atom. The van der Waals surface area contributed by atoms with Gasteiger partial charge in [-0.25, -0.2) is 4.79 Å². The normalized spacial score (nSPS) is 19.2. The minimum Gasteiger partial charge on any atom is -0.456 e. The maximum atomic E-state index is 12.6. The van der Waals surface area contributed by atoms with Gasteiger partial charge in [0.15, 0.2) is 0 Å². The Hall–Kier alpha value is -2.71. The van der Waals surface area contributed by atoms with Gasteiger partial charge in [-0.3, -0.25) is 0 Å². The summed E-state index contributed by atoms with van der Waals surface area (Å²) in [4.78, 5) is 12.6. The van der Waals surface area contributed by atoms with Crippen LogP contribution >= 0.6 is 0 Å². The van der Waals surface area contributed by atoms with Crippen LogP contribution in [-0.2, 0) is 23.4 Å². The highest BCUT2D eigenvalue weighted by molar-refractivity contribution is 6.99. The number of cyclic esters (lactones) is 1. The van der Waals surface area contributed by atoms with E-state index in [0.29, 0.717) is 30.8 Å². The molecule has 0 fully saturated rings. The topological polar surface area (TPSA) is 74.2 Å². The molecule has 2 aromatic rings. The van der Waals surface area contributed by atoms with Crippen molar-refractivity contribution in [2.24, 2.45) is 11.8 Å². The molecular weight excluding hydrogens is 544 g/mol. The predicted molar refractivity (Wildman–Crippen MR) is 171 cm³/mol. The Labute approximate surface area is 253 Å².